The molecule has 0 bridgehead atoms. The summed E-state index contributed by atoms with van der Waals surface area (Å²) in [5, 5.41) is 15.3. The molecule has 6 heteroatoms. The maximum absolute atomic E-state index is 12.0. The van der Waals surface area contributed by atoms with E-state index in [0.29, 0.717) is 0 Å². The summed E-state index contributed by atoms with van der Waals surface area (Å²) in [5.41, 5.74) is -0.724. The summed E-state index contributed by atoms with van der Waals surface area (Å²) in [6, 6.07) is 8.36. The molecule has 0 spiro atoms. The Morgan fingerprint density at radius 3 is 2.08 bits per heavy atom. The molecular formula is C18H28N2O4. The maximum atomic E-state index is 12.0. The normalized spacial score (nSPS) is 14.6. The highest BCUT2D eigenvalue weighted by molar-refractivity contribution is 5.77. The number of aliphatic carboxylic acids is 1. The predicted molar refractivity (Wildman–Crippen MR) is 92.9 cm³/mol. The molecule has 1 aromatic carbocycles. The average Bonchev–Trinajstić information content (AvgIpc) is 2.42. The van der Waals surface area contributed by atoms with Crippen LogP contribution in [-0.4, -0.2) is 34.4 Å². The van der Waals surface area contributed by atoms with Crippen molar-refractivity contribution in [3.05, 3.63) is 35.9 Å². The first-order valence-corrected chi connectivity index (χ1v) is 7.97. The summed E-state index contributed by atoms with van der Waals surface area (Å²) in [4.78, 5) is 23.7. The van der Waals surface area contributed by atoms with Crippen molar-refractivity contribution >= 4 is 12.1 Å². The largest absolute Gasteiger partial charge is 0.480 e. The summed E-state index contributed by atoms with van der Waals surface area (Å²) in [7, 11) is 0. The number of hydrogen-bond donors (Lipinski definition) is 3. The minimum absolute atomic E-state index is 0.188. The van der Waals surface area contributed by atoms with Crippen LogP contribution in [-0.2, 0) is 9.53 Å². The first kappa shape index (κ1) is 20.0. The molecule has 0 saturated carbocycles. The summed E-state index contributed by atoms with van der Waals surface area (Å²) < 4.78 is 5.22. The molecule has 0 aromatic heterocycles. The molecule has 0 saturated heterocycles. The SMILES string of the molecule is C[C@H](NC(C(=O)O)C(C)(C)NC(=O)OC(C)(C)C)c1ccccc1. The van der Waals surface area contributed by atoms with Gasteiger partial charge in [-0.15, -0.1) is 0 Å². The zero-order valence-electron chi connectivity index (χ0n) is 15.2. The number of nitrogens with one attached hydrogen (secondary N) is 2. The molecule has 0 aliphatic rings. The fraction of sp³-hybridized carbons (Fsp3) is 0.556. The number of benzene rings is 1. The van der Waals surface area contributed by atoms with Crippen LogP contribution < -0.4 is 10.6 Å². The molecule has 3 N–H and O–H groups in total. The van der Waals surface area contributed by atoms with E-state index in [0.717, 1.165) is 5.56 Å². The van der Waals surface area contributed by atoms with Gasteiger partial charge in [0.2, 0.25) is 0 Å². The zero-order chi connectivity index (χ0) is 18.5. The van der Waals surface area contributed by atoms with Gasteiger partial charge in [-0.2, -0.15) is 0 Å². The van der Waals surface area contributed by atoms with Crippen LogP contribution in [0, 0.1) is 0 Å². The van der Waals surface area contributed by atoms with Crippen molar-refractivity contribution in [1.29, 1.82) is 0 Å². The van der Waals surface area contributed by atoms with E-state index in [1.807, 2.05) is 37.3 Å². The third-order valence-electron chi connectivity index (χ3n) is 3.51. The minimum Gasteiger partial charge on any atom is -0.480 e. The van der Waals surface area contributed by atoms with Gasteiger partial charge in [0, 0.05) is 6.04 Å². The molecule has 0 aliphatic heterocycles. The molecule has 1 aromatic rings. The second kappa shape index (κ2) is 7.66. The Morgan fingerprint density at radius 1 is 1.08 bits per heavy atom. The van der Waals surface area contributed by atoms with Crippen LogP contribution in [0.25, 0.3) is 0 Å². The number of amides is 1. The smallest absolute Gasteiger partial charge is 0.408 e. The third-order valence-corrected chi connectivity index (χ3v) is 3.51. The molecule has 1 unspecified atom stereocenters. The number of ether oxygens (including phenoxy) is 1. The van der Waals surface area contributed by atoms with Gasteiger partial charge in [0.15, 0.2) is 0 Å². The lowest BCUT2D eigenvalue weighted by molar-refractivity contribution is -0.141. The van der Waals surface area contributed by atoms with E-state index in [1.165, 1.54) is 0 Å². The lowest BCUT2D eigenvalue weighted by Crippen LogP contribution is -2.61. The Bertz CT molecular complexity index is 564. The Kier molecular flexibility index (Phi) is 6.37. The average molecular weight is 336 g/mol. The molecule has 2 atom stereocenters. The van der Waals surface area contributed by atoms with Crippen LogP contribution in [0.15, 0.2) is 30.3 Å². The highest BCUT2D eigenvalue weighted by atomic mass is 16.6. The number of rotatable bonds is 6. The number of carboxylic acids is 1. The van der Waals surface area contributed by atoms with Crippen molar-refractivity contribution in [3.8, 4) is 0 Å². The van der Waals surface area contributed by atoms with Crippen LogP contribution in [0.3, 0.4) is 0 Å². The Labute approximate surface area is 143 Å². The van der Waals surface area contributed by atoms with Crippen LogP contribution in [0.5, 0.6) is 0 Å². The highest BCUT2D eigenvalue weighted by Crippen LogP contribution is 2.18. The summed E-state index contributed by atoms with van der Waals surface area (Å²) in [6.07, 6.45) is -0.645. The summed E-state index contributed by atoms with van der Waals surface area (Å²) in [5.74, 6) is -1.04. The third kappa shape index (κ3) is 6.20. The van der Waals surface area contributed by atoms with E-state index in [2.05, 4.69) is 10.6 Å². The number of alkyl carbamates (subject to hydrolysis) is 1. The van der Waals surface area contributed by atoms with Crippen molar-refractivity contribution in [2.45, 2.75) is 64.8 Å². The van der Waals surface area contributed by atoms with Crippen molar-refractivity contribution < 1.29 is 19.4 Å². The van der Waals surface area contributed by atoms with Crippen molar-refractivity contribution in [3.63, 3.8) is 0 Å². The molecule has 6 nitrogen and oxygen atoms in total. The number of carbonyl (C=O) groups excluding carboxylic acids is 1. The van der Waals surface area contributed by atoms with Crippen LogP contribution in [0.2, 0.25) is 0 Å². The van der Waals surface area contributed by atoms with Gasteiger partial charge < -0.3 is 15.2 Å². The fourth-order valence-electron chi connectivity index (χ4n) is 2.32. The van der Waals surface area contributed by atoms with Gasteiger partial charge in [-0.3, -0.25) is 10.1 Å². The first-order valence-electron chi connectivity index (χ1n) is 7.97. The number of carbonyl (C=O) groups is 2. The van der Waals surface area contributed by atoms with E-state index >= 15 is 0 Å². The quantitative estimate of drug-likeness (QED) is 0.743. The summed E-state index contributed by atoms with van der Waals surface area (Å²) >= 11 is 0. The predicted octanol–water partition coefficient (Wildman–Crippen LogP) is 3.09. The molecule has 1 amide bonds. The lowest BCUT2D eigenvalue weighted by Gasteiger charge is -2.35. The van der Waals surface area contributed by atoms with Crippen LogP contribution >= 0.6 is 0 Å². The monoisotopic (exact) mass is 336 g/mol. The van der Waals surface area contributed by atoms with Gasteiger partial charge in [0.25, 0.3) is 0 Å². The van der Waals surface area contributed by atoms with Gasteiger partial charge in [-0.25, -0.2) is 4.79 Å². The molecule has 1 rings (SSSR count). The van der Waals surface area contributed by atoms with Crippen molar-refractivity contribution in [2.75, 3.05) is 0 Å². The highest BCUT2D eigenvalue weighted by Gasteiger charge is 2.38. The van der Waals surface area contributed by atoms with E-state index in [1.54, 1.807) is 34.6 Å². The minimum atomic E-state index is -1.04. The molecule has 0 fully saturated rings. The molecule has 24 heavy (non-hydrogen) atoms. The standard InChI is InChI=1S/C18H28N2O4/c1-12(13-10-8-7-9-11-13)19-14(15(21)22)18(5,6)20-16(23)24-17(2,3)4/h7-12,14,19H,1-6H3,(H,20,23)(H,21,22)/t12-,14?/m0/s1. The lowest BCUT2D eigenvalue weighted by atomic mass is 9.93. The van der Waals surface area contributed by atoms with Crippen molar-refractivity contribution in [2.24, 2.45) is 0 Å². The molecule has 0 radical (unpaired) electrons. The topological polar surface area (TPSA) is 87.7 Å². The molecule has 0 aliphatic carbocycles. The van der Waals surface area contributed by atoms with E-state index in [4.69, 9.17) is 4.74 Å². The van der Waals surface area contributed by atoms with Gasteiger partial charge in [-0.05, 0) is 47.1 Å². The maximum Gasteiger partial charge on any atom is 0.408 e. The molecular weight excluding hydrogens is 308 g/mol. The van der Waals surface area contributed by atoms with E-state index in [9.17, 15) is 14.7 Å². The van der Waals surface area contributed by atoms with Gasteiger partial charge in [-0.1, -0.05) is 30.3 Å². The fourth-order valence-corrected chi connectivity index (χ4v) is 2.32. The number of hydrogen-bond acceptors (Lipinski definition) is 4. The van der Waals surface area contributed by atoms with E-state index in [-0.39, 0.29) is 6.04 Å². The Balaban J connectivity index is 2.85. The number of carboxylic acid groups (broad SMARTS) is 1. The van der Waals surface area contributed by atoms with Crippen LogP contribution in [0.4, 0.5) is 4.79 Å². The zero-order valence-corrected chi connectivity index (χ0v) is 15.2. The van der Waals surface area contributed by atoms with Gasteiger partial charge in [0.05, 0.1) is 5.54 Å². The first-order chi connectivity index (χ1) is 10.9. The van der Waals surface area contributed by atoms with Gasteiger partial charge >= 0.3 is 12.1 Å². The van der Waals surface area contributed by atoms with Crippen LogP contribution in [0.1, 0.15) is 53.1 Å². The summed E-state index contributed by atoms with van der Waals surface area (Å²) in [6.45, 7) is 10.5. The Morgan fingerprint density at radius 2 is 1.62 bits per heavy atom. The second-order valence-electron chi connectivity index (χ2n) is 7.42. The molecule has 0 heterocycles. The molecule has 134 valence electrons. The van der Waals surface area contributed by atoms with E-state index < -0.39 is 29.2 Å². The Hall–Kier alpha value is -2.08. The second-order valence-corrected chi connectivity index (χ2v) is 7.42. The van der Waals surface area contributed by atoms with Crippen molar-refractivity contribution in [1.82, 2.24) is 10.6 Å². The van der Waals surface area contributed by atoms with Gasteiger partial charge in [0.1, 0.15) is 11.6 Å².